The molecule has 0 saturated carbocycles. The fraction of sp³-hybridized carbons (Fsp3) is 0.294. The Morgan fingerprint density at radius 1 is 1.29 bits per heavy atom. The van der Waals surface area contributed by atoms with Gasteiger partial charge in [-0.05, 0) is 43.1 Å². The Bertz CT molecular complexity index is 606. The summed E-state index contributed by atoms with van der Waals surface area (Å²) >= 11 is 0. The fourth-order valence-corrected chi connectivity index (χ4v) is 2.59. The zero-order valence-electron chi connectivity index (χ0n) is 11.9. The van der Waals surface area contributed by atoms with Crippen molar-refractivity contribution in [2.75, 3.05) is 6.54 Å². The second kappa shape index (κ2) is 6.50. The Morgan fingerprint density at radius 2 is 2.24 bits per heavy atom. The van der Waals surface area contributed by atoms with Crippen LogP contribution in [0.1, 0.15) is 18.4 Å². The number of aromatic nitrogens is 1. The monoisotopic (exact) mass is 281 g/mol. The average Bonchev–Trinajstić information content (AvgIpc) is 3.08. The second-order valence-corrected chi connectivity index (χ2v) is 5.28. The molecule has 0 aliphatic carbocycles. The first-order valence-corrected chi connectivity index (χ1v) is 7.34. The molecule has 1 aliphatic rings. The maximum atomic E-state index is 12.0. The zero-order valence-corrected chi connectivity index (χ0v) is 11.9. The molecule has 3 rings (SSSR count). The highest BCUT2D eigenvalue weighted by Gasteiger charge is 2.21. The van der Waals surface area contributed by atoms with Gasteiger partial charge in [0.25, 0.3) is 0 Å². The molecule has 1 fully saturated rings. The van der Waals surface area contributed by atoms with Crippen LogP contribution in [-0.2, 0) is 11.3 Å². The molecule has 1 aromatic carbocycles. The number of pyridine rings is 1. The number of carbonyl (C=O) groups is 1. The minimum Gasteiger partial charge on any atom is -0.351 e. The molecule has 1 atom stereocenters. The van der Waals surface area contributed by atoms with Gasteiger partial charge in [0.05, 0.1) is 11.7 Å². The number of rotatable bonds is 4. The molecule has 1 aromatic heterocycles. The van der Waals surface area contributed by atoms with Crippen molar-refractivity contribution < 1.29 is 4.79 Å². The molecule has 2 N–H and O–H groups in total. The molecule has 0 spiro atoms. The highest BCUT2D eigenvalue weighted by molar-refractivity contribution is 5.82. The summed E-state index contributed by atoms with van der Waals surface area (Å²) in [4.78, 5) is 16.3. The zero-order chi connectivity index (χ0) is 14.5. The summed E-state index contributed by atoms with van der Waals surface area (Å²) in [5.41, 5.74) is 3.11. The summed E-state index contributed by atoms with van der Waals surface area (Å²) in [7, 11) is 0. The smallest absolute Gasteiger partial charge is 0.237 e. The van der Waals surface area contributed by atoms with Gasteiger partial charge in [-0.25, -0.2) is 0 Å². The van der Waals surface area contributed by atoms with Crippen molar-refractivity contribution in [1.82, 2.24) is 15.6 Å². The summed E-state index contributed by atoms with van der Waals surface area (Å²) in [5, 5.41) is 6.21. The topological polar surface area (TPSA) is 54.0 Å². The number of hydrogen-bond donors (Lipinski definition) is 2. The summed E-state index contributed by atoms with van der Waals surface area (Å²) in [6.07, 6.45) is 3.79. The van der Waals surface area contributed by atoms with Crippen LogP contribution in [0, 0.1) is 0 Å². The van der Waals surface area contributed by atoms with Gasteiger partial charge in [-0.2, -0.15) is 0 Å². The maximum absolute atomic E-state index is 12.0. The molecule has 2 aromatic rings. The predicted molar refractivity (Wildman–Crippen MR) is 82.5 cm³/mol. The Kier molecular flexibility index (Phi) is 4.26. The lowest BCUT2D eigenvalue weighted by molar-refractivity contribution is -0.122. The SMILES string of the molecule is O=C(NCc1cccc(-c2ccccn2)c1)C1CCCN1. The van der Waals surface area contributed by atoms with Gasteiger partial charge in [0, 0.05) is 18.3 Å². The third-order valence-corrected chi connectivity index (χ3v) is 3.73. The minimum absolute atomic E-state index is 0.0241. The van der Waals surface area contributed by atoms with Crippen LogP contribution < -0.4 is 10.6 Å². The lowest BCUT2D eigenvalue weighted by atomic mass is 10.1. The van der Waals surface area contributed by atoms with Gasteiger partial charge in [-0.3, -0.25) is 9.78 Å². The summed E-state index contributed by atoms with van der Waals surface area (Å²) in [6.45, 7) is 1.49. The molecule has 1 aliphatic heterocycles. The minimum atomic E-state index is -0.0241. The summed E-state index contributed by atoms with van der Waals surface area (Å²) in [6, 6.07) is 14.0. The van der Waals surface area contributed by atoms with Crippen LogP contribution in [0.5, 0.6) is 0 Å². The Balaban J connectivity index is 1.65. The number of carbonyl (C=O) groups excluding carboxylic acids is 1. The quantitative estimate of drug-likeness (QED) is 0.902. The number of hydrogen-bond acceptors (Lipinski definition) is 3. The van der Waals surface area contributed by atoms with Crippen molar-refractivity contribution >= 4 is 5.91 Å². The Hall–Kier alpha value is -2.20. The van der Waals surface area contributed by atoms with Crippen LogP contribution in [0.2, 0.25) is 0 Å². The van der Waals surface area contributed by atoms with Gasteiger partial charge < -0.3 is 10.6 Å². The molecule has 4 heteroatoms. The molecule has 1 amide bonds. The van der Waals surface area contributed by atoms with Gasteiger partial charge in [0.15, 0.2) is 0 Å². The van der Waals surface area contributed by atoms with Crippen molar-refractivity contribution in [2.24, 2.45) is 0 Å². The van der Waals surface area contributed by atoms with Crippen molar-refractivity contribution in [3.8, 4) is 11.3 Å². The van der Waals surface area contributed by atoms with E-state index in [-0.39, 0.29) is 11.9 Å². The molecular formula is C17H19N3O. The van der Waals surface area contributed by atoms with E-state index >= 15 is 0 Å². The van der Waals surface area contributed by atoms with Crippen LogP contribution in [0.4, 0.5) is 0 Å². The largest absolute Gasteiger partial charge is 0.351 e. The van der Waals surface area contributed by atoms with Crippen LogP contribution in [0.3, 0.4) is 0 Å². The molecule has 4 nitrogen and oxygen atoms in total. The van der Waals surface area contributed by atoms with Crippen LogP contribution in [0.15, 0.2) is 48.7 Å². The van der Waals surface area contributed by atoms with E-state index in [1.807, 2.05) is 36.4 Å². The van der Waals surface area contributed by atoms with Gasteiger partial charge in [0.2, 0.25) is 5.91 Å². The van der Waals surface area contributed by atoms with E-state index in [0.717, 1.165) is 36.2 Å². The van der Waals surface area contributed by atoms with Gasteiger partial charge in [0.1, 0.15) is 0 Å². The fourth-order valence-electron chi connectivity index (χ4n) is 2.59. The number of nitrogens with one attached hydrogen (secondary N) is 2. The molecule has 21 heavy (non-hydrogen) atoms. The van der Waals surface area contributed by atoms with Gasteiger partial charge in [-0.15, -0.1) is 0 Å². The van der Waals surface area contributed by atoms with Crippen molar-refractivity contribution in [3.63, 3.8) is 0 Å². The van der Waals surface area contributed by atoms with E-state index < -0.39 is 0 Å². The third kappa shape index (κ3) is 3.47. The second-order valence-electron chi connectivity index (χ2n) is 5.28. The first-order valence-electron chi connectivity index (χ1n) is 7.34. The number of benzene rings is 1. The standard InChI is InChI=1S/C17H19N3O/c21-17(16-8-4-10-19-16)20-12-13-5-3-6-14(11-13)15-7-1-2-9-18-15/h1-3,5-7,9,11,16,19H,4,8,10,12H2,(H,20,21). The van der Waals surface area contributed by atoms with E-state index in [4.69, 9.17) is 0 Å². The molecule has 0 radical (unpaired) electrons. The third-order valence-electron chi connectivity index (χ3n) is 3.73. The number of nitrogens with zero attached hydrogens (tertiary/aromatic N) is 1. The van der Waals surface area contributed by atoms with Crippen molar-refractivity contribution in [1.29, 1.82) is 0 Å². The van der Waals surface area contributed by atoms with Crippen molar-refractivity contribution in [3.05, 3.63) is 54.2 Å². The van der Waals surface area contributed by atoms with Crippen molar-refractivity contribution in [2.45, 2.75) is 25.4 Å². The molecule has 1 unspecified atom stereocenters. The Morgan fingerprint density at radius 3 is 3.00 bits per heavy atom. The van der Waals surface area contributed by atoms with E-state index in [9.17, 15) is 4.79 Å². The van der Waals surface area contributed by atoms with E-state index in [2.05, 4.69) is 21.7 Å². The van der Waals surface area contributed by atoms with Gasteiger partial charge in [-0.1, -0.05) is 24.3 Å². The molecular weight excluding hydrogens is 262 g/mol. The highest BCUT2D eigenvalue weighted by Crippen LogP contribution is 2.17. The molecule has 2 heterocycles. The van der Waals surface area contributed by atoms with E-state index in [1.165, 1.54) is 0 Å². The predicted octanol–water partition coefficient (Wildman–Crippen LogP) is 2.12. The molecule has 0 bridgehead atoms. The summed E-state index contributed by atoms with van der Waals surface area (Å²) < 4.78 is 0. The highest BCUT2D eigenvalue weighted by atomic mass is 16.2. The van der Waals surface area contributed by atoms with Gasteiger partial charge >= 0.3 is 0 Å². The van der Waals surface area contributed by atoms with E-state index in [1.54, 1.807) is 6.20 Å². The van der Waals surface area contributed by atoms with Crippen LogP contribution >= 0.6 is 0 Å². The Labute approximate surface area is 124 Å². The lowest BCUT2D eigenvalue weighted by Gasteiger charge is -2.11. The number of amides is 1. The lowest BCUT2D eigenvalue weighted by Crippen LogP contribution is -2.39. The maximum Gasteiger partial charge on any atom is 0.237 e. The normalized spacial score (nSPS) is 17.6. The van der Waals surface area contributed by atoms with E-state index in [0.29, 0.717) is 6.54 Å². The van der Waals surface area contributed by atoms with Crippen LogP contribution in [0.25, 0.3) is 11.3 Å². The molecule has 108 valence electrons. The van der Waals surface area contributed by atoms with Crippen LogP contribution in [-0.4, -0.2) is 23.5 Å². The first-order chi connectivity index (χ1) is 10.3. The first kappa shape index (κ1) is 13.8. The average molecular weight is 281 g/mol. The summed E-state index contributed by atoms with van der Waals surface area (Å²) in [5.74, 6) is 0.0933. The molecule has 1 saturated heterocycles.